The smallest absolute Gasteiger partial charge is 0.0594 e. The Morgan fingerprint density at radius 1 is 0.636 bits per heavy atom. The summed E-state index contributed by atoms with van der Waals surface area (Å²) >= 11 is 0. The Bertz CT molecular complexity index is 207. The molecule has 0 aromatic heterocycles. The van der Waals surface area contributed by atoms with Gasteiger partial charge in [0.1, 0.15) is 0 Å². The first-order valence-corrected chi connectivity index (χ1v) is 7.76. The minimum Gasteiger partial charge on any atom is -0.379 e. The van der Waals surface area contributed by atoms with Gasteiger partial charge < -0.3 is 14.8 Å². The first-order valence-electron chi connectivity index (χ1n) is 7.76. The molecule has 0 amide bonds. The Balaban J connectivity index is 0. The van der Waals surface area contributed by atoms with Crippen LogP contribution in [0.15, 0.2) is 0 Å². The Morgan fingerprint density at radius 3 is 1.36 bits per heavy atom. The zero-order chi connectivity index (χ0) is 13.2. The SMILES string of the molecule is C(CNCCCN1CCOCC1)CN1CCOCC1.Cl.Cl.Cl. The van der Waals surface area contributed by atoms with E-state index in [0.29, 0.717) is 0 Å². The molecule has 2 rings (SSSR count). The molecule has 1 N–H and O–H groups in total. The molecule has 2 aliphatic rings. The predicted molar refractivity (Wildman–Crippen MR) is 98.4 cm³/mol. The lowest BCUT2D eigenvalue weighted by molar-refractivity contribution is 0.0367. The fourth-order valence-electron chi connectivity index (χ4n) is 2.63. The molecule has 2 saturated heterocycles. The number of nitrogens with one attached hydrogen (secondary N) is 1. The van der Waals surface area contributed by atoms with Crippen LogP contribution in [-0.4, -0.2) is 88.6 Å². The van der Waals surface area contributed by atoms with Gasteiger partial charge in [0.05, 0.1) is 26.4 Å². The molecule has 2 heterocycles. The molecule has 5 nitrogen and oxygen atoms in total. The van der Waals surface area contributed by atoms with Crippen molar-refractivity contribution in [1.29, 1.82) is 0 Å². The lowest BCUT2D eigenvalue weighted by Gasteiger charge is -2.27. The van der Waals surface area contributed by atoms with Gasteiger partial charge in [-0.25, -0.2) is 0 Å². The highest BCUT2D eigenvalue weighted by atomic mass is 35.5. The standard InChI is InChI=1S/C14H29N3O2.3ClH/c1(5-16-7-11-18-12-8-16)3-15-4-2-6-17-9-13-19-14-10-17;;;/h15H,1-14H2;3*1H. The third-order valence-corrected chi connectivity index (χ3v) is 3.86. The second-order valence-electron chi connectivity index (χ2n) is 5.37. The molecule has 8 heteroatoms. The maximum absolute atomic E-state index is 5.35. The van der Waals surface area contributed by atoms with E-state index in [1.54, 1.807) is 0 Å². The van der Waals surface area contributed by atoms with Crippen molar-refractivity contribution < 1.29 is 9.47 Å². The van der Waals surface area contributed by atoms with Crippen LogP contribution in [0.4, 0.5) is 0 Å². The molecule has 0 aromatic carbocycles. The van der Waals surface area contributed by atoms with Gasteiger partial charge in [-0.1, -0.05) is 0 Å². The van der Waals surface area contributed by atoms with Crippen LogP contribution in [-0.2, 0) is 9.47 Å². The second kappa shape index (κ2) is 16.5. The maximum Gasteiger partial charge on any atom is 0.0594 e. The molecule has 0 saturated carbocycles. The summed E-state index contributed by atoms with van der Waals surface area (Å²) < 4.78 is 10.7. The normalized spacial score (nSPS) is 19.6. The van der Waals surface area contributed by atoms with E-state index in [-0.39, 0.29) is 37.2 Å². The largest absolute Gasteiger partial charge is 0.379 e. The van der Waals surface area contributed by atoms with E-state index in [1.165, 1.54) is 25.9 Å². The summed E-state index contributed by atoms with van der Waals surface area (Å²) in [4.78, 5) is 5.00. The second-order valence-corrected chi connectivity index (χ2v) is 5.37. The minimum atomic E-state index is 0. The zero-order valence-electron chi connectivity index (χ0n) is 13.3. The molecule has 0 aliphatic carbocycles. The van der Waals surface area contributed by atoms with E-state index in [2.05, 4.69) is 15.1 Å². The molecular weight excluding hydrogens is 349 g/mol. The molecule has 136 valence electrons. The highest BCUT2D eigenvalue weighted by Crippen LogP contribution is 1.98. The Morgan fingerprint density at radius 2 is 1.00 bits per heavy atom. The Labute approximate surface area is 153 Å². The van der Waals surface area contributed by atoms with Gasteiger partial charge in [-0.2, -0.15) is 0 Å². The van der Waals surface area contributed by atoms with Crippen molar-refractivity contribution in [1.82, 2.24) is 15.1 Å². The first-order chi connectivity index (χ1) is 9.45. The summed E-state index contributed by atoms with van der Waals surface area (Å²) in [5, 5.41) is 3.55. The average molecular weight is 381 g/mol. The number of morpholine rings is 2. The van der Waals surface area contributed by atoms with Gasteiger partial charge in [-0.3, -0.25) is 9.80 Å². The van der Waals surface area contributed by atoms with Gasteiger partial charge in [-0.05, 0) is 39.0 Å². The van der Waals surface area contributed by atoms with Crippen molar-refractivity contribution in [2.45, 2.75) is 12.8 Å². The molecule has 0 bridgehead atoms. The summed E-state index contributed by atoms with van der Waals surface area (Å²) in [6, 6.07) is 0. The zero-order valence-corrected chi connectivity index (χ0v) is 15.8. The molecule has 0 unspecified atom stereocenters. The number of nitrogens with zero attached hydrogens (tertiary/aromatic N) is 2. The highest BCUT2D eigenvalue weighted by molar-refractivity contribution is 5.86. The van der Waals surface area contributed by atoms with Crippen LogP contribution in [0.2, 0.25) is 0 Å². The number of ether oxygens (including phenoxy) is 2. The molecule has 2 fully saturated rings. The van der Waals surface area contributed by atoms with Crippen LogP contribution in [0.3, 0.4) is 0 Å². The number of rotatable bonds is 8. The van der Waals surface area contributed by atoms with Gasteiger partial charge in [0, 0.05) is 26.2 Å². The summed E-state index contributed by atoms with van der Waals surface area (Å²) in [5.41, 5.74) is 0. The number of halogens is 3. The maximum atomic E-state index is 5.35. The van der Waals surface area contributed by atoms with Crippen LogP contribution in [0, 0.1) is 0 Å². The van der Waals surface area contributed by atoms with Crippen LogP contribution >= 0.6 is 37.2 Å². The van der Waals surface area contributed by atoms with E-state index in [0.717, 1.165) is 65.7 Å². The molecule has 0 atom stereocenters. The van der Waals surface area contributed by atoms with Crippen LogP contribution in [0.5, 0.6) is 0 Å². The minimum absolute atomic E-state index is 0. The molecule has 2 aliphatic heterocycles. The summed E-state index contributed by atoms with van der Waals surface area (Å²) in [6.45, 7) is 12.8. The van der Waals surface area contributed by atoms with Crippen molar-refractivity contribution in [2.24, 2.45) is 0 Å². The predicted octanol–water partition coefficient (Wildman–Crippen LogP) is 1.29. The van der Waals surface area contributed by atoms with E-state index < -0.39 is 0 Å². The first kappa shape index (κ1) is 24.9. The molecular formula is C14H32Cl3N3O2. The summed E-state index contributed by atoms with van der Waals surface area (Å²) in [7, 11) is 0. The number of hydrogen-bond donors (Lipinski definition) is 1. The van der Waals surface area contributed by atoms with Gasteiger partial charge in [-0.15, -0.1) is 37.2 Å². The molecule has 0 spiro atoms. The van der Waals surface area contributed by atoms with Gasteiger partial charge in [0.15, 0.2) is 0 Å². The van der Waals surface area contributed by atoms with E-state index in [1.807, 2.05) is 0 Å². The third kappa shape index (κ3) is 11.2. The van der Waals surface area contributed by atoms with E-state index in [9.17, 15) is 0 Å². The quantitative estimate of drug-likeness (QED) is 0.642. The van der Waals surface area contributed by atoms with Crippen molar-refractivity contribution in [2.75, 3.05) is 78.8 Å². The monoisotopic (exact) mass is 379 g/mol. The van der Waals surface area contributed by atoms with Gasteiger partial charge >= 0.3 is 0 Å². The topological polar surface area (TPSA) is 37.0 Å². The Hall–Kier alpha value is 0.670. The number of hydrogen-bond acceptors (Lipinski definition) is 5. The van der Waals surface area contributed by atoms with Crippen LogP contribution in [0.25, 0.3) is 0 Å². The van der Waals surface area contributed by atoms with Crippen molar-refractivity contribution in [3.8, 4) is 0 Å². The van der Waals surface area contributed by atoms with E-state index in [4.69, 9.17) is 9.47 Å². The molecule has 0 aromatic rings. The van der Waals surface area contributed by atoms with E-state index >= 15 is 0 Å². The Kier molecular flexibility index (Phi) is 18.7. The lowest BCUT2D eigenvalue weighted by Crippen LogP contribution is -2.38. The van der Waals surface area contributed by atoms with Gasteiger partial charge in [0.25, 0.3) is 0 Å². The van der Waals surface area contributed by atoms with Crippen molar-refractivity contribution in [3.05, 3.63) is 0 Å². The average Bonchev–Trinajstić information content (AvgIpc) is 2.48. The van der Waals surface area contributed by atoms with Crippen molar-refractivity contribution in [3.63, 3.8) is 0 Å². The van der Waals surface area contributed by atoms with Crippen LogP contribution in [0.1, 0.15) is 12.8 Å². The summed E-state index contributed by atoms with van der Waals surface area (Å²) in [5.74, 6) is 0. The van der Waals surface area contributed by atoms with Crippen molar-refractivity contribution >= 4 is 37.2 Å². The van der Waals surface area contributed by atoms with Crippen LogP contribution < -0.4 is 5.32 Å². The summed E-state index contributed by atoms with van der Waals surface area (Å²) in [6.07, 6.45) is 2.50. The highest BCUT2D eigenvalue weighted by Gasteiger charge is 2.10. The third-order valence-electron chi connectivity index (χ3n) is 3.86. The molecule has 0 radical (unpaired) electrons. The van der Waals surface area contributed by atoms with Gasteiger partial charge in [0.2, 0.25) is 0 Å². The fraction of sp³-hybridized carbons (Fsp3) is 1.00. The lowest BCUT2D eigenvalue weighted by atomic mass is 10.3. The fourth-order valence-corrected chi connectivity index (χ4v) is 2.63. The molecule has 22 heavy (non-hydrogen) atoms.